The molecule has 2 aliphatic heterocycles. The average molecular weight is 593 g/mol. The molecule has 1 amide bonds. The third-order valence-electron chi connectivity index (χ3n) is 10.6. The molecule has 4 aliphatic rings. The monoisotopic (exact) mass is 592 g/mol. The summed E-state index contributed by atoms with van der Waals surface area (Å²) in [6, 6.07) is 13.3. The summed E-state index contributed by atoms with van der Waals surface area (Å²) in [5.74, 6) is 1.88. The molecule has 0 spiro atoms. The summed E-state index contributed by atoms with van der Waals surface area (Å²) < 4.78 is 0. The highest BCUT2D eigenvalue weighted by molar-refractivity contribution is 5.94. The van der Waals surface area contributed by atoms with Crippen LogP contribution < -0.4 is 15.5 Å². The van der Waals surface area contributed by atoms with Gasteiger partial charge in [0, 0.05) is 56.1 Å². The van der Waals surface area contributed by atoms with Crippen LogP contribution in [-0.4, -0.2) is 71.6 Å². The molecule has 7 heteroatoms. The molecule has 0 radical (unpaired) electrons. The van der Waals surface area contributed by atoms with E-state index in [4.69, 9.17) is 9.97 Å². The summed E-state index contributed by atoms with van der Waals surface area (Å²) in [6.07, 6.45) is 17.6. The molecule has 2 aliphatic carbocycles. The number of carbonyl (C=O) groups excluding carboxylic acids is 1. The number of amides is 1. The van der Waals surface area contributed by atoms with Crippen LogP contribution in [0, 0.1) is 6.92 Å². The first kappa shape index (κ1) is 29.4. The molecule has 3 fully saturated rings. The normalized spacial score (nSPS) is 24.0. The number of fused-ring (bicyclic) bond motifs is 2. The van der Waals surface area contributed by atoms with E-state index >= 15 is 0 Å². The van der Waals surface area contributed by atoms with Crippen molar-refractivity contribution in [1.82, 2.24) is 25.5 Å². The SMILES string of the molecule is CCc1nc(N2C(CNC=O)CC2CNC2CCN(C3CCCCC3)C2)c2ccc(-c3cc(C)cc4c3C=CCC4)cc2n1. The van der Waals surface area contributed by atoms with E-state index in [9.17, 15) is 4.79 Å². The maximum Gasteiger partial charge on any atom is 0.207 e. The fraction of sp³-hybridized carbons (Fsp3) is 0.541. The van der Waals surface area contributed by atoms with Crippen molar-refractivity contribution in [2.75, 3.05) is 31.1 Å². The Morgan fingerprint density at radius 2 is 1.89 bits per heavy atom. The zero-order valence-corrected chi connectivity index (χ0v) is 26.5. The van der Waals surface area contributed by atoms with E-state index in [1.165, 1.54) is 79.4 Å². The number of aryl methyl sites for hydroxylation is 3. The van der Waals surface area contributed by atoms with Crippen molar-refractivity contribution in [3.63, 3.8) is 0 Å². The Labute approximate surface area is 262 Å². The van der Waals surface area contributed by atoms with E-state index in [0.717, 1.165) is 67.2 Å². The summed E-state index contributed by atoms with van der Waals surface area (Å²) >= 11 is 0. The highest BCUT2D eigenvalue weighted by Gasteiger charge is 2.40. The van der Waals surface area contributed by atoms with Crippen LogP contribution in [-0.2, 0) is 17.6 Å². The predicted octanol–water partition coefficient (Wildman–Crippen LogP) is 5.82. The fourth-order valence-corrected chi connectivity index (χ4v) is 8.27. The number of aromatic nitrogens is 2. The highest BCUT2D eigenvalue weighted by Crippen LogP contribution is 2.38. The van der Waals surface area contributed by atoms with Crippen molar-refractivity contribution in [3.8, 4) is 11.1 Å². The van der Waals surface area contributed by atoms with Crippen LogP contribution in [0.3, 0.4) is 0 Å². The van der Waals surface area contributed by atoms with E-state index in [-0.39, 0.29) is 6.04 Å². The first-order valence-corrected chi connectivity index (χ1v) is 17.1. The minimum Gasteiger partial charge on any atom is -0.357 e. The molecule has 1 saturated carbocycles. The molecule has 232 valence electrons. The quantitative estimate of drug-likeness (QED) is 0.289. The van der Waals surface area contributed by atoms with Crippen molar-refractivity contribution < 1.29 is 4.79 Å². The summed E-state index contributed by atoms with van der Waals surface area (Å²) in [5.41, 5.74) is 7.57. The number of hydrogen-bond acceptors (Lipinski definition) is 6. The van der Waals surface area contributed by atoms with Gasteiger partial charge in [0.25, 0.3) is 0 Å². The third kappa shape index (κ3) is 5.89. The number of nitrogens with zero attached hydrogens (tertiary/aromatic N) is 4. The number of benzene rings is 2. The van der Waals surface area contributed by atoms with Gasteiger partial charge in [-0.15, -0.1) is 0 Å². The van der Waals surface area contributed by atoms with Crippen molar-refractivity contribution in [2.24, 2.45) is 0 Å². The van der Waals surface area contributed by atoms with Gasteiger partial charge in [-0.1, -0.05) is 62.1 Å². The molecule has 1 aromatic heterocycles. The lowest BCUT2D eigenvalue weighted by Crippen LogP contribution is -2.63. The van der Waals surface area contributed by atoms with Crippen LogP contribution >= 0.6 is 0 Å². The Kier molecular flexibility index (Phi) is 8.68. The Morgan fingerprint density at radius 1 is 1.02 bits per heavy atom. The van der Waals surface area contributed by atoms with Gasteiger partial charge in [0.05, 0.1) is 11.6 Å². The lowest BCUT2D eigenvalue weighted by atomic mass is 9.88. The molecule has 44 heavy (non-hydrogen) atoms. The predicted molar refractivity (Wildman–Crippen MR) is 180 cm³/mol. The Balaban J connectivity index is 1.16. The van der Waals surface area contributed by atoms with Crippen LogP contribution in [0.25, 0.3) is 28.1 Å². The third-order valence-corrected chi connectivity index (χ3v) is 10.6. The Bertz CT molecular complexity index is 1530. The Hall–Kier alpha value is -3.29. The van der Waals surface area contributed by atoms with Crippen LogP contribution in [0.5, 0.6) is 0 Å². The molecule has 2 N–H and O–H groups in total. The Morgan fingerprint density at radius 3 is 2.73 bits per heavy atom. The van der Waals surface area contributed by atoms with Gasteiger partial charge in [-0.3, -0.25) is 9.69 Å². The summed E-state index contributed by atoms with van der Waals surface area (Å²) in [6.45, 7) is 8.30. The number of anilines is 1. The summed E-state index contributed by atoms with van der Waals surface area (Å²) in [4.78, 5) is 26.7. The number of likely N-dealkylation sites (tertiary alicyclic amines) is 1. The number of allylic oxidation sites excluding steroid dienone is 1. The number of carbonyl (C=O) groups is 1. The second-order valence-electron chi connectivity index (χ2n) is 13.5. The minimum absolute atomic E-state index is 0.228. The van der Waals surface area contributed by atoms with Crippen LogP contribution in [0.1, 0.15) is 80.8 Å². The van der Waals surface area contributed by atoms with Gasteiger partial charge >= 0.3 is 0 Å². The van der Waals surface area contributed by atoms with E-state index in [1.807, 2.05) is 0 Å². The molecule has 7 rings (SSSR count). The van der Waals surface area contributed by atoms with Gasteiger partial charge < -0.3 is 15.5 Å². The molecule has 7 nitrogen and oxygen atoms in total. The largest absolute Gasteiger partial charge is 0.357 e. The maximum atomic E-state index is 11.3. The van der Waals surface area contributed by atoms with E-state index in [2.05, 4.69) is 76.8 Å². The molecule has 3 unspecified atom stereocenters. The van der Waals surface area contributed by atoms with Crippen molar-refractivity contribution in [3.05, 3.63) is 58.9 Å². The second-order valence-corrected chi connectivity index (χ2v) is 13.5. The number of rotatable bonds is 10. The van der Waals surface area contributed by atoms with Gasteiger partial charge in [-0.2, -0.15) is 0 Å². The lowest BCUT2D eigenvalue weighted by Gasteiger charge is -2.50. The van der Waals surface area contributed by atoms with Crippen molar-refractivity contribution in [1.29, 1.82) is 0 Å². The summed E-state index contributed by atoms with van der Waals surface area (Å²) in [5, 5.41) is 7.99. The van der Waals surface area contributed by atoms with Crippen molar-refractivity contribution in [2.45, 2.75) is 102 Å². The summed E-state index contributed by atoms with van der Waals surface area (Å²) in [7, 11) is 0. The molecule has 3 aromatic rings. The molecule has 0 bridgehead atoms. The molecule has 2 aromatic carbocycles. The van der Waals surface area contributed by atoms with Gasteiger partial charge in [-0.05, 0) is 79.8 Å². The molecular weight excluding hydrogens is 544 g/mol. The highest BCUT2D eigenvalue weighted by atomic mass is 16.1. The standard InChI is InChI=1S/C37H48N6O/c1-3-36-40-35-19-27(34-18-25(2)17-26-9-7-8-12-32(26)34)13-14-33(35)37(41-36)43-30(21-38-24-44)20-31(43)22-39-28-15-16-42(23-28)29-10-5-4-6-11-29/h8,12-14,17-19,24,28-31,39H,3-7,9-11,15-16,20-23H2,1-2H3,(H,38,44). The smallest absolute Gasteiger partial charge is 0.207 e. The zero-order chi connectivity index (χ0) is 30.0. The lowest BCUT2D eigenvalue weighted by molar-refractivity contribution is -0.109. The maximum absolute atomic E-state index is 11.3. The van der Waals surface area contributed by atoms with Crippen molar-refractivity contribution >= 4 is 29.2 Å². The fourth-order valence-electron chi connectivity index (χ4n) is 8.27. The molecule has 3 atom stereocenters. The van der Waals surface area contributed by atoms with Crippen LogP contribution in [0.15, 0.2) is 36.4 Å². The van der Waals surface area contributed by atoms with Crippen LogP contribution in [0.2, 0.25) is 0 Å². The topological polar surface area (TPSA) is 73.4 Å². The molecular formula is C37H48N6O. The minimum atomic E-state index is 0.228. The van der Waals surface area contributed by atoms with Gasteiger partial charge in [0.2, 0.25) is 6.41 Å². The number of hydrogen-bond donors (Lipinski definition) is 2. The molecule has 2 saturated heterocycles. The van der Waals surface area contributed by atoms with E-state index in [0.29, 0.717) is 18.6 Å². The van der Waals surface area contributed by atoms with E-state index in [1.54, 1.807) is 0 Å². The van der Waals surface area contributed by atoms with Gasteiger partial charge in [0.1, 0.15) is 11.6 Å². The molecule has 3 heterocycles. The first-order chi connectivity index (χ1) is 21.6. The second kappa shape index (κ2) is 13.0. The number of nitrogens with one attached hydrogen (secondary N) is 2. The first-order valence-electron chi connectivity index (χ1n) is 17.1. The van der Waals surface area contributed by atoms with Gasteiger partial charge in [-0.25, -0.2) is 9.97 Å². The van der Waals surface area contributed by atoms with Gasteiger partial charge in [0.15, 0.2) is 0 Å². The zero-order valence-electron chi connectivity index (χ0n) is 26.5. The average Bonchev–Trinajstić information content (AvgIpc) is 3.53. The van der Waals surface area contributed by atoms with Crippen LogP contribution in [0.4, 0.5) is 5.82 Å². The van der Waals surface area contributed by atoms with E-state index < -0.39 is 0 Å².